The van der Waals surface area contributed by atoms with Gasteiger partial charge in [0.1, 0.15) is 17.3 Å². The van der Waals surface area contributed by atoms with E-state index in [9.17, 15) is 24.3 Å². The van der Waals surface area contributed by atoms with Gasteiger partial charge in [-0.25, -0.2) is 4.90 Å². The molecule has 1 N–H and O–H groups in total. The Balaban J connectivity index is 1.14. The minimum absolute atomic E-state index is 0.0269. The van der Waals surface area contributed by atoms with Crippen LogP contribution in [0.15, 0.2) is 78.4 Å². The molecule has 0 radical (unpaired) electrons. The van der Waals surface area contributed by atoms with E-state index in [4.69, 9.17) is 16.7 Å². The highest BCUT2D eigenvalue weighted by Crippen LogP contribution is 2.64. The Bertz CT molecular complexity index is 2590. The van der Waals surface area contributed by atoms with Crippen LogP contribution >= 0.6 is 22.9 Å². The fourth-order valence-corrected chi connectivity index (χ4v) is 11.1. The molecule has 2 aliphatic heterocycles. The molecule has 9 rings (SSSR count). The van der Waals surface area contributed by atoms with Gasteiger partial charge in [-0.1, -0.05) is 41.4 Å². The van der Waals surface area contributed by atoms with Gasteiger partial charge >= 0.3 is 0 Å². The largest absolute Gasteiger partial charge is 0.507 e. The van der Waals surface area contributed by atoms with Crippen molar-refractivity contribution in [3.8, 4) is 16.3 Å². The molecule has 2 saturated heterocycles. The van der Waals surface area contributed by atoms with Crippen molar-refractivity contribution in [1.29, 1.82) is 0 Å². The third-order valence-electron chi connectivity index (χ3n) is 12.6. The van der Waals surface area contributed by atoms with Gasteiger partial charge in [0.25, 0.3) is 0 Å². The maximum Gasteiger partial charge on any atom is 0.242 e. The minimum Gasteiger partial charge on any atom is -0.507 e. The van der Waals surface area contributed by atoms with Gasteiger partial charge in [0.2, 0.25) is 23.6 Å². The highest BCUT2D eigenvalue weighted by molar-refractivity contribution is 7.22. The molecular weight excluding hydrogens is 736 g/mol. The highest BCUT2D eigenvalue weighted by Gasteiger charge is 2.68. The smallest absolute Gasteiger partial charge is 0.242 e. The van der Waals surface area contributed by atoms with Crippen LogP contribution < -0.4 is 9.80 Å². The minimum atomic E-state index is -1.33. The van der Waals surface area contributed by atoms with Crippen molar-refractivity contribution in [1.82, 2.24) is 9.78 Å². The van der Waals surface area contributed by atoms with E-state index < -0.39 is 46.8 Å². The Morgan fingerprint density at radius 3 is 2.42 bits per heavy atom. The summed E-state index contributed by atoms with van der Waals surface area (Å²) >= 11 is 7.87. The van der Waals surface area contributed by atoms with Crippen molar-refractivity contribution >= 4 is 73.9 Å². The van der Waals surface area contributed by atoms with Gasteiger partial charge in [-0.15, -0.1) is 11.3 Å². The second-order valence-corrected chi connectivity index (χ2v) is 17.0. The molecule has 4 heterocycles. The zero-order valence-corrected chi connectivity index (χ0v) is 32.4. The van der Waals surface area contributed by atoms with Crippen LogP contribution in [0.4, 0.5) is 11.5 Å². The molecule has 2 aliphatic carbocycles. The van der Waals surface area contributed by atoms with Crippen LogP contribution in [0.5, 0.6) is 5.75 Å². The van der Waals surface area contributed by atoms with Crippen LogP contribution in [0.25, 0.3) is 20.7 Å². The van der Waals surface area contributed by atoms with Gasteiger partial charge in [-0.05, 0) is 105 Å². The monoisotopic (exact) mass is 772 g/mol. The molecule has 3 fully saturated rings. The third-order valence-corrected chi connectivity index (χ3v) is 14.1. The second kappa shape index (κ2) is 12.3. The van der Waals surface area contributed by atoms with Gasteiger partial charge in [-0.2, -0.15) is 5.10 Å². The van der Waals surface area contributed by atoms with Gasteiger partial charge in [0.15, 0.2) is 5.78 Å². The molecule has 278 valence electrons. The molecule has 55 heavy (non-hydrogen) atoms. The van der Waals surface area contributed by atoms with Crippen molar-refractivity contribution in [3.63, 3.8) is 0 Å². The molecule has 0 bridgehead atoms. The Kier molecular flexibility index (Phi) is 7.91. The summed E-state index contributed by atoms with van der Waals surface area (Å²) in [6, 6.07) is 19.3. The lowest BCUT2D eigenvalue weighted by molar-refractivity contribution is -0.131. The molecular formula is C43H37ClN4O6S. The number of allylic oxidation sites excluding steroid dienone is 2. The van der Waals surface area contributed by atoms with E-state index in [2.05, 4.69) is 0 Å². The molecule has 3 aromatic carbocycles. The fourth-order valence-electron chi connectivity index (χ4n) is 9.81. The molecule has 1 saturated carbocycles. The Labute approximate surface area is 326 Å². The van der Waals surface area contributed by atoms with E-state index in [-0.39, 0.29) is 36.2 Å². The summed E-state index contributed by atoms with van der Waals surface area (Å²) in [6.45, 7) is 7.04. The van der Waals surface area contributed by atoms with Crippen molar-refractivity contribution < 1.29 is 29.1 Å². The van der Waals surface area contributed by atoms with E-state index in [0.717, 1.165) is 26.1 Å². The molecule has 5 aromatic rings. The van der Waals surface area contributed by atoms with E-state index in [1.807, 2.05) is 37.3 Å². The quantitative estimate of drug-likeness (QED) is 0.109. The van der Waals surface area contributed by atoms with Crippen molar-refractivity contribution in [2.75, 3.05) is 9.80 Å². The van der Waals surface area contributed by atoms with Gasteiger partial charge in [0.05, 0.1) is 33.7 Å². The number of carbonyl (C=O) groups excluding carboxylic acids is 5. The number of carbonyl (C=O) groups is 5. The van der Waals surface area contributed by atoms with Crippen LogP contribution in [0.1, 0.15) is 59.7 Å². The summed E-state index contributed by atoms with van der Waals surface area (Å²) in [7, 11) is 1.71. The average Bonchev–Trinajstić information content (AvgIpc) is 3.83. The predicted octanol–water partition coefficient (Wildman–Crippen LogP) is 7.92. The standard InChI is InChI=1S/C43H37ClN4O6S/c1-20-7-6-8-28(37(20)50)36-26-14-15-27-35(41(53)47(39(27)51)25-12-9-23(10-13-25)22(3)49)30(26)18-31-40(52)48(42(54)43(31,36)4)34-19-32(45-46(34)5)38-21(2)29-17-24(44)11-16-33(29)55-38/h6-14,16-17,19,27,30-31,35-36,50H,15,18H2,1-5H3. The van der Waals surface area contributed by atoms with Crippen molar-refractivity contribution in [2.24, 2.45) is 36.1 Å². The molecule has 2 aromatic heterocycles. The summed E-state index contributed by atoms with van der Waals surface area (Å²) in [4.78, 5) is 73.8. The lowest BCUT2D eigenvalue weighted by Crippen LogP contribution is -2.49. The number of aromatic nitrogens is 2. The first-order chi connectivity index (χ1) is 26.2. The summed E-state index contributed by atoms with van der Waals surface area (Å²) in [5.41, 5.74) is 3.03. The number of rotatable bonds is 5. The molecule has 4 aliphatic rings. The number of aryl methyl sites for hydroxylation is 3. The number of halogens is 1. The normalized spacial score (nSPS) is 26.1. The number of nitrogens with zero attached hydrogens (tertiary/aromatic N) is 4. The predicted molar refractivity (Wildman–Crippen MR) is 210 cm³/mol. The number of phenols is 1. The summed E-state index contributed by atoms with van der Waals surface area (Å²) < 4.78 is 2.59. The zero-order valence-electron chi connectivity index (χ0n) is 30.8. The molecule has 4 amide bonds. The maximum absolute atomic E-state index is 15.1. The number of phenolic OH excluding ortho intramolecular Hbond substituents is 1. The fraction of sp³-hybridized carbons (Fsp3) is 0.302. The lowest BCUT2D eigenvalue weighted by Gasteiger charge is -2.49. The van der Waals surface area contributed by atoms with E-state index in [0.29, 0.717) is 38.9 Å². The number of hydrogen-bond donors (Lipinski definition) is 1. The summed E-state index contributed by atoms with van der Waals surface area (Å²) in [5, 5.41) is 18.0. The topological polar surface area (TPSA) is 130 Å². The zero-order chi connectivity index (χ0) is 38.8. The van der Waals surface area contributed by atoms with Crippen LogP contribution in [0, 0.1) is 42.9 Å². The van der Waals surface area contributed by atoms with Gasteiger partial charge in [0, 0.05) is 39.9 Å². The first-order valence-electron chi connectivity index (χ1n) is 18.3. The number of aromatic hydroxyl groups is 1. The van der Waals surface area contributed by atoms with Gasteiger partial charge < -0.3 is 5.11 Å². The summed E-state index contributed by atoms with van der Waals surface area (Å²) in [6.07, 6.45) is 2.40. The molecule has 6 unspecified atom stereocenters. The van der Waals surface area contributed by atoms with E-state index in [1.165, 1.54) is 16.7 Å². The number of ketones is 1. The number of anilines is 2. The molecule has 10 nitrogen and oxygen atoms in total. The number of Topliss-reactive ketones (excluding diaryl/α,β-unsaturated/α-hetero) is 1. The SMILES string of the molecule is CC(=O)c1ccc(N2C(=O)C3CC=C4C(CC5C(=O)N(c6cc(-c7sc8ccc(Cl)cc8c7C)nn6C)C(=O)C5(C)C4c4cccc(C)c4O)C3C2=O)cc1. The maximum atomic E-state index is 15.1. The number of fused-ring (bicyclic) bond motifs is 5. The number of amides is 4. The van der Waals surface area contributed by atoms with Crippen LogP contribution in [-0.4, -0.2) is 44.3 Å². The van der Waals surface area contributed by atoms with E-state index >= 15 is 4.79 Å². The van der Waals surface area contributed by atoms with Crippen LogP contribution in [0.3, 0.4) is 0 Å². The molecule has 6 atom stereocenters. The Morgan fingerprint density at radius 1 is 0.945 bits per heavy atom. The van der Waals surface area contributed by atoms with Crippen molar-refractivity contribution in [3.05, 3.63) is 106 Å². The van der Waals surface area contributed by atoms with Crippen molar-refractivity contribution in [2.45, 2.75) is 46.5 Å². The number of thiophene rings is 1. The van der Waals surface area contributed by atoms with Crippen LogP contribution in [-0.2, 0) is 26.2 Å². The lowest BCUT2D eigenvalue weighted by atomic mass is 9.51. The summed E-state index contributed by atoms with van der Waals surface area (Å²) in [5.74, 6) is -4.92. The Hall–Kier alpha value is -5.39. The first-order valence-corrected chi connectivity index (χ1v) is 19.5. The number of para-hydroxylation sites is 1. The number of hydrogen-bond acceptors (Lipinski definition) is 8. The molecule has 0 spiro atoms. The van der Waals surface area contributed by atoms with Gasteiger partial charge in [-0.3, -0.25) is 33.6 Å². The second-order valence-electron chi connectivity index (χ2n) is 15.5. The average molecular weight is 773 g/mol. The Morgan fingerprint density at radius 2 is 1.69 bits per heavy atom. The third kappa shape index (κ3) is 4.91. The van der Waals surface area contributed by atoms with Crippen LogP contribution in [0.2, 0.25) is 5.02 Å². The highest BCUT2D eigenvalue weighted by atomic mass is 35.5. The molecule has 12 heteroatoms. The first kappa shape index (κ1) is 35.3. The van der Waals surface area contributed by atoms with E-state index in [1.54, 1.807) is 79.4 Å². The number of benzene rings is 3. The number of imide groups is 2.